The standard InChI is InChI=1S/C13H17BrN2/c1-8-6-9(2)13-10(7-8)12(14)11(16-13)4-5-15-3/h6-7,15-16H,4-5H2,1-3H3. The molecule has 2 aromatic rings. The molecule has 0 atom stereocenters. The zero-order valence-electron chi connectivity index (χ0n) is 9.95. The lowest BCUT2D eigenvalue weighted by molar-refractivity contribution is 0.779. The topological polar surface area (TPSA) is 27.8 Å². The molecule has 0 unspecified atom stereocenters. The number of hydrogen-bond acceptors (Lipinski definition) is 1. The van der Waals surface area contributed by atoms with Gasteiger partial charge in [0.1, 0.15) is 0 Å². The van der Waals surface area contributed by atoms with E-state index in [1.807, 2.05) is 7.05 Å². The molecule has 0 saturated carbocycles. The van der Waals surface area contributed by atoms with Gasteiger partial charge in [0.05, 0.1) is 0 Å². The van der Waals surface area contributed by atoms with Crippen LogP contribution in [0.4, 0.5) is 0 Å². The van der Waals surface area contributed by atoms with Gasteiger partial charge in [-0.05, 0) is 48.5 Å². The number of nitrogens with one attached hydrogen (secondary N) is 2. The van der Waals surface area contributed by atoms with Crippen LogP contribution in [-0.2, 0) is 6.42 Å². The summed E-state index contributed by atoms with van der Waals surface area (Å²) in [4.78, 5) is 3.51. The van der Waals surface area contributed by atoms with E-state index in [0.29, 0.717) is 0 Å². The van der Waals surface area contributed by atoms with Gasteiger partial charge in [-0.25, -0.2) is 0 Å². The predicted octanol–water partition coefficient (Wildman–Crippen LogP) is 3.31. The van der Waals surface area contributed by atoms with Gasteiger partial charge in [-0.2, -0.15) is 0 Å². The highest BCUT2D eigenvalue weighted by molar-refractivity contribution is 9.10. The first-order chi connectivity index (χ1) is 7.63. The molecule has 0 fully saturated rings. The number of halogens is 1. The summed E-state index contributed by atoms with van der Waals surface area (Å²) in [5.41, 5.74) is 5.15. The van der Waals surface area contributed by atoms with Crippen molar-refractivity contribution in [2.45, 2.75) is 20.3 Å². The minimum atomic E-state index is 0.990. The maximum atomic E-state index is 3.69. The zero-order chi connectivity index (χ0) is 11.7. The molecular weight excluding hydrogens is 264 g/mol. The Labute approximate surface area is 105 Å². The lowest BCUT2D eigenvalue weighted by Gasteiger charge is -1.98. The first kappa shape index (κ1) is 11.7. The highest BCUT2D eigenvalue weighted by Gasteiger charge is 2.10. The number of fused-ring (bicyclic) bond motifs is 1. The van der Waals surface area contributed by atoms with E-state index in [4.69, 9.17) is 0 Å². The number of aromatic nitrogens is 1. The minimum absolute atomic E-state index is 0.990. The second-order valence-electron chi connectivity index (χ2n) is 4.28. The van der Waals surface area contributed by atoms with Crippen LogP contribution in [0.5, 0.6) is 0 Å². The molecule has 2 rings (SSSR count). The van der Waals surface area contributed by atoms with Crippen LogP contribution in [0.1, 0.15) is 16.8 Å². The summed E-state index contributed by atoms with van der Waals surface area (Å²) in [6, 6.07) is 4.44. The van der Waals surface area contributed by atoms with Gasteiger partial charge in [0.15, 0.2) is 0 Å². The molecule has 0 radical (unpaired) electrons. The van der Waals surface area contributed by atoms with Crippen molar-refractivity contribution in [2.24, 2.45) is 0 Å². The molecular formula is C13H17BrN2. The van der Waals surface area contributed by atoms with Gasteiger partial charge in [-0.3, -0.25) is 0 Å². The van der Waals surface area contributed by atoms with Crippen LogP contribution >= 0.6 is 15.9 Å². The van der Waals surface area contributed by atoms with Gasteiger partial charge in [-0.1, -0.05) is 11.6 Å². The van der Waals surface area contributed by atoms with E-state index in [0.717, 1.165) is 13.0 Å². The summed E-state index contributed by atoms with van der Waals surface area (Å²) < 4.78 is 1.21. The Kier molecular flexibility index (Phi) is 3.36. The number of benzene rings is 1. The van der Waals surface area contributed by atoms with Crippen LogP contribution < -0.4 is 5.32 Å². The third-order valence-electron chi connectivity index (χ3n) is 2.88. The summed E-state index contributed by atoms with van der Waals surface area (Å²) in [6.45, 7) is 5.28. The van der Waals surface area contributed by atoms with Crippen LogP contribution in [0.15, 0.2) is 16.6 Å². The molecule has 16 heavy (non-hydrogen) atoms. The maximum Gasteiger partial charge on any atom is 0.0497 e. The van der Waals surface area contributed by atoms with E-state index >= 15 is 0 Å². The summed E-state index contributed by atoms with van der Waals surface area (Å²) in [7, 11) is 1.98. The molecule has 0 saturated heterocycles. The highest BCUT2D eigenvalue weighted by atomic mass is 79.9. The minimum Gasteiger partial charge on any atom is -0.357 e. The Morgan fingerprint density at radius 1 is 1.31 bits per heavy atom. The van der Waals surface area contributed by atoms with Crippen molar-refractivity contribution >= 4 is 26.8 Å². The average molecular weight is 281 g/mol. The van der Waals surface area contributed by atoms with Gasteiger partial charge < -0.3 is 10.3 Å². The summed E-state index contributed by atoms with van der Waals surface area (Å²) in [5.74, 6) is 0. The number of aromatic amines is 1. The van der Waals surface area contributed by atoms with E-state index in [1.54, 1.807) is 0 Å². The average Bonchev–Trinajstić information content (AvgIpc) is 2.54. The second-order valence-corrected chi connectivity index (χ2v) is 5.07. The fraction of sp³-hybridized carbons (Fsp3) is 0.385. The summed E-state index contributed by atoms with van der Waals surface area (Å²) in [5, 5.41) is 4.47. The van der Waals surface area contributed by atoms with Crippen LogP contribution in [0, 0.1) is 13.8 Å². The Morgan fingerprint density at radius 2 is 2.06 bits per heavy atom. The SMILES string of the molecule is CNCCc1[nH]c2c(C)cc(C)cc2c1Br. The third kappa shape index (κ3) is 2.02. The lowest BCUT2D eigenvalue weighted by Crippen LogP contribution is -2.10. The zero-order valence-corrected chi connectivity index (χ0v) is 11.5. The first-order valence-electron chi connectivity index (χ1n) is 5.55. The molecule has 0 amide bonds. The van der Waals surface area contributed by atoms with Crippen molar-refractivity contribution in [1.29, 1.82) is 0 Å². The van der Waals surface area contributed by atoms with Gasteiger partial charge >= 0.3 is 0 Å². The smallest absolute Gasteiger partial charge is 0.0497 e. The van der Waals surface area contributed by atoms with Crippen LogP contribution in [0.25, 0.3) is 10.9 Å². The van der Waals surface area contributed by atoms with E-state index in [9.17, 15) is 0 Å². The number of rotatable bonds is 3. The molecule has 1 aromatic heterocycles. The molecule has 0 aliphatic heterocycles. The normalized spacial score (nSPS) is 11.2. The Bertz CT molecular complexity index is 514. The fourth-order valence-corrected chi connectivity index (χ4v) is 2.71. The van der Waals surface area contributed by atoms with Gasteiger partial charge in [0, 0.05) is 34.0 Å². The molecule has 0 aliphatic carbocycles. The molecule has 0 bridgehead atoms. The maximum absolute atomic E-state index is 3.69. The molecule has 0 aliphatic rings. The molecule has 86 valence electrons. The van der Waals surface area contributed by atoms with Crippen molar-refractivity contribution in [3.05, 3.63) is 33.4 Å². The Hall–Kier alpha value is -0.800. The van der Waals surface area contributed by atoms with Crippen molar-refractivity contribution in [1.82, 2.24) is 10.3 Å². The monoisotopic (exact) mass is 280 g/mol. The molecule has 3 heteroatoms. The van der Waals surface area contributed by atoms with Gasteiger partial charge in [-0.15, -0.1) is 0 Å². The Morgan fingerprint density at radius 3 is 2.75 bits per heavy atom. The number of likely N-dealkylation sites (N-methyl/N-ethyl adjacent to an activating group) is 1. The van der Waals surface area contributed by atoms with E-state index in [1.165, 1.54) is 32.2 Å². The number of H-pyrrole nitrogens is 1. The van der Waals surface area contributed by atoms with Crippen molar-refractivity contribution in [3.63, 3.8) is 0 Å². The third-order valence-corrected chi connectivity index (χ3v) is 3.79. The van der Waals surface area contributed by atoms with Crippen molar-refractivity contribution in [3.8, 4) is 0 Å². The van der Waals surface area contributed by atoms with Crippen LogP contribution in [0.2, 0.25) is 0 Å². The Balaban J connectivity index is 2.54. The van der Waals surface area contributed by atoms with Crippen molar-refractivity contribution < 1.29 is 0 Å². The number of aryl methyl sites for hydroxylation is 2. The van der Waals surface area contributed by atoms with E-state index in [2.05, 4.69) is 52.2 Å². The predicted molar refractivity (Wildman–Crippen MR) is 73.1 cm³/mol. The van der Waals surface area contributed by atoms with Crippen LogP contribution in [-0.4, -0.2) is 18.6 Å². The first-order valence-corrected chi connectivity index (χ1v) is 6.34. The quantitative estimate of drug-likeness (QED) is 0.887. The largest absolute Gasteiger partial charge is 0.357 e. The molecule has 2 nitrogen and oxygen atoms in total. The molecule has 0 spiro atoms. The lowest BCUT2D eigenvalue weighted by atomic mass is 10.1. The highest BCUT2D eigenvalue weighted by Crippen LogP contribution is 2.30. The fourth-order valence-electron chi connectivity index (χ4n) is 2.10. The molecule has 1 aromatic carbocycles. The van der Waals surface area contributed by atoms with Gasteiger partial charge in [0.25, 0.3) is 0 Å². The van der Waals surface area contributed by atoms with E-state index < -0.39 is 0 Å². The van der Waals surface area contributed by atoms with Crippen molar-refractivity contribution in [2.75, 3.05) is 13.6 Å². The molecule has 2 N–H and O–H groups in total. The summed E-state index contributed by atoms with van der Waals surface area (Å²) >= 11 is 3.69. The van der Waals surface area contributed by atoms with Crippen LogP contribution in [0.3, 0.4) is 0 Å². The second kappa shape index (κ2) is 4.60. The van der Waals surface area contributed by atoms with E-state index in [-0.39, 0.29) is 0 Å². The summed E-state index contributed by atoms with van der Waals surface area (Å²) in [6.07, 6.45) is 1.02. The van der Waals surface area contributed by atoms with Gasteiger partial charge in [0.2, 0.25) is 0 Å². The number of hydrogen-bond donors (Lipinski definition) is 2. The molecule has 1 heterocycles.